The van der Waals surface area contributed by atoms with Gasteiger partial charge >= 0.3 is 0 Å². The van der Waals surface area contributed by atoms with Gasteiger partial charge in [-0.1, -0.05) is 23.7 Å². The van der Waals surface area contributed by atoms with Gasteiger partial charge < -0.3 is 4.74 Å². The molecule has 5 nitrogen and oxygen atoms in total. The van der Waals surface area contributed by atoms with Crippen molar-refractivity contribution < 1.29 is 4.74 Å². The summed E-state index contributed by atoms with van der Waals surface area (Å²) in [6, 6.07) is 16.8. The molecule has 0 saturated carbocycles. The second-order valence-corrected chi connectivity index (χ2v) is 5.85. The zero-order valence-corrected chi connectivity index (χ0v) is 13.6. The molecule has 0 atom stereocenters. The Bertz CT molecular complexity index is 1010. The number of halogens is 1. The molecule has 0 amide bonds. The standard InChI is InChI=1S/C18H13ClN4O/c1-12-9-17-21-22-18(23(17)20-11-12)13-3-2-4-16(10-13)24-15-7-5-14(19)6-8-15/h2-11H,1H3. The van der Waals surface area contributed by atoms with Gasteiger partial charge in [0, 0.05) is 10.6 Å². The summed E-state index contributed by atoms with van der Waals surface area (Å²) >= 11 is 5.89. The second-order valence-electron chi connectivity index (χ2n) is 5.41. The van der Waals surface area contributed by atoms with Crippen molar-refractivity contribution in [3.63, 3.8) is 0 Å². The summed E-state index contributed by atoms with van der Waals surface area (Å²) in [5, 5.41) is 13.5. The van der Waals surface area contributed by atoms with Crippen molar-refractivity contribution in [1.82, 2.24) is 19.8 Å². The number of aromatic nitrogens is 4. The summed E-state index contributed by atoms with van der Waals surface area (Å²) in [5.41, 5.74) is 2.64. The van der Waals surface area contributed by atoms with Crippen LogP contribution < -0.4 is 4.74 Å². The van der Waals surface area contributed by atoms with E-state index in [9.17, 15) is 0 Å². The number of ether oxygens (including phenoxy) is 1. The average molecular weight is 337 g/mol. The molecule has 4 rings (SSSR count). The van der Waals surface area contributed by atoms with Gasteiger partial charge in [0.2, 0.25) is 0 Å². The molecule has 0 N–H and O–H groups in total. The van der Waals surface area contributed by atoms with E-state index in [0.29, 0.717) is 22.2 Å². The van der Waals surface area contributed by atoms with Gasteiger partial charge in [0.1, 0.15) is 11.5 Å². The largest absolute Gasteiger partial charge is 0.457 e. The van der Waals surface area contributed by atoms with Crippen molar-refractivity contribution in [2.45, 2.75) is 6.92 Å². The summed E-state index contributed by atoms with van der Waals surface area (Å²) in [4.78, 5) is 0. The van der Waals surface area contributed by atoms with Crippen LogP contribution in [0, 0.1) is 6.92 Å². The number of hydrogen-bond acceptors (Lipinski definition) is 4. The Labute approximate surface area is 143 Å². The first-order chi connectivity index (χ1) is 11.7. The summed E-state index contributed by atoms with van der Waals surface area (Å²) in [6.45, 7) is 1.97. The molecule has 0 aliphatic rings. The van der Waals surface area contributed by atoms with Crippen LogP contribution in [0.1, 0.15) is 5.56 Å². The van der Waals surface area contributed by atoms with E-state index in [1.54, 1.807) is 22.8 Å². The second kappa shape index (κ2) is 5.94. The van der Waals surface area contributed by atoms with Crippen LogP contribution in [0.15, 0.2) is 60.8 Å². The van der Waals surface area contributed by atoms with E-state index >= 15 is 0 Å². The quantitative estimate of drug-likeness (QED) is 0.551. The van der Waals surface area contributed by atoms with Gasteiger partial charge in [-0.3, -0.25) is 0 Å². The Balaban J connectivity index is 1.70. The first-order valence-corrected chi connectivity index (χ1v) is 7.79. The molecular formula is C18H13ClN4O. The maximum absolute atomic E-state index is 5.89. The first-order valence-electron chi connectivity index (χ1n) is 7.41. The summed E-state index contributed by atoms with van der Waals surface area (Å²) in [6.07, 6.45) is 1.79. The van der Waals surface area contributed by atoms with Gasteiger partial charge in [0.05, 0.1) is 6.20 Å². The molecule has 0 radical (unpaired) electrons. The van der Waals surface area contributed by atoms with Crippen LogP contribution in [0.2, 0.25) is 5.02 Å². The molecule has 0 aliphatic carbocycles. The van der Waals surface area contributed by atoms with Crippen molar-refractivity contribution in [2.75, 3.05) is 0 Å². The monoisotopic (exact) mass is 336 g/mol. The number of benzene rings is 2. The maximum Gasteiger partial charge on any atom is 0.185 e. The molecule has 6 heteroatoms. The van der Waals surface area contributed by atoms with Gasteiger partial charge in [-0.2, -0.15) is 9.61 Å². The molecule has 2 aromatic carbocycles. The van der Waals surface area contributed by atoms with Crippen LogP contribution in [0.4, 0.5) is 0 Å². The Kier molecular flexibility index (Phi) is 3.63. The van der Waals surface area contributed by atoms with Crippen molar-refractivity contribution in [1.29, 1.82) is 0 Å². The third kappa shape index (κ3) is 2.81. The number of hydrogen-bond donors (Lipinski definition) is 0. The van der Waals surface area contributed by atoms with Crippen LogP contribution in [-0.2, 0) is 0 Å². The minimum Gasteiger partial charge on any atom is -0.457 e. The molecule has 24 heavy (non-hydrogen) atoms. The maximum atomic E-state index is 5.89. The minimum atomic E-state index is 0.673. The van der Waals surface area contributed by atoms with Crippen molar-refractivity contribution in [3.8, 4) is 22.9 Å². The average Bonchev–Trinajstić information content (AvgIpc) is 3.00. The molecule has 0 saturated heterocycles. The van der Waals surface area contributed by atoms with Crippen LogP contribution in [-0.4, -0.2) is 19.8 Å². The summed E-state index contributed by atoms with van der Waals surface area (Å²) in [7, 11) is 0. The molecule has 0 fully saturated rings. The number of aryl methyl sites for hydroxylation is 1. The fourth-order valence-corrected chi connectivity index (χ4v) is 2.53. The highest BCUT2D eigenvalue weighted by molar-refractivity contribution is 6.30. The number of fused-ring (bicyclic) bond motifs is 1. The normalized spacial score (nSPS) is 10.9. The number of rotatable bonds is 3. The lowest BCUT2D eigenvalue weighted by Crippen LogP contribution is -1.95. The third-order valence-electron chi connectivity index (χ3n) is 3.54. The van der Waals surface area contributed by atoms with E-state index in [0.717, 1.165) is 16.9 Å². The summed E-state index contributed by atoms with van der Waals surface area (Å²) < 4.78 is 7.58. The van der Waals surface area contributed by atoms with E-state index in [-0.39, 0.29) is 0 Å². The Hall–Kier alpha value is -2.92. The van der Waals surface area contributed by atoms with Crippen LogP contribution >= 0.6 is 11.6 Å². The SMILES string of the molecule is Cc1cnn2c(-c3cccc(Oc4ccc(Cl)cc4)c3)nnc2c1. The minimum absolute atomic E-state index is 0.673. The van der Waals surface area contributed by atoms with Crippen molar-refractivity contribution in [2.24, 2.45) is 0 Å². The molecule has 4 aromatic rings. The number of nitrogens with zero attached hydrogens (tertiary/aromatic N) is 4. The van der Waals surface area contributed by atoms with Gasteiger partial charge in [0.25, 0.3) is 0 Å². The van der Waals surface area contributed by atoms with E-state index < -0.39 is 0 Å². The van der Waals surface area contributed by atoms with Gasteiger partial charge in [0.15, 0.2) is 11.5 Å². The fourth-order valence-electron chi connectivity index (χ4n) is 2.40. The van der Waals surface area contributed by atoms with Crippen LogP contribution in [0.25, 0.3) is 17.0 Å². The van der Waals surface area contributed by atoms with Gasteiger partial charge in [-0.05, 0) is 55.0 Å². The molecule has 2 aromatic heterocycles. The smallest absolute Gasteiger partial charge is 0.185 e. The highest BCUT2D eigenvalue weighted by atomic mass is 35.5. The molecular weight excluding hydrogens is 324 g/mol. The highest BCUT2D eigenvalue weighted by Gasteiger charge is 2.10. The van der Waals surface area contributed by atoms with E-state index in [2.05, 4.69) is 15.3 Å². The van der Waals surface area contributed by atoms with Gasteiger partial charge in [-0.25, -0.2) is 0 Å². The van der Waals surface area contributed by atoms with E-state index in [4.69, 9.17) is 16.3 Å². The molecule has 0 aliphatic heterocycles. The lowest BCUT2D eigenvalue weighted by molar-refractivity contribution is 0.483. The van der Waals surface area contributed by atoms with Crippen LogP contribution in [0.3, 0.4) is 0 Å². The van der Waals surface area contributed by atoms with E-state index in [1.165, 1.54) is 0 Å². The zero-order valence-electron chi connectivity index (χ0n) is 12.8. The Morgan fingerprint density at radius 2 is 1.79 bits per heavy atom. The Morgan fingerprint density at radius 3 is 2.62 bits per heavy atom. The van der Waals surface area contributed by atoms with Crippen molar-refractivity contribution in [3.05, 3.63) is 71.4 Å². The van der Waals surface area contributed by atoms with Crippen LogP contribution in [0.5, 0.6) is 11.5 Å². The predicted octanol–water partition coefficient (Wildman–Crippen LogP) is 4.55. The lowest BCUT2D eigenvalue weighted by atomic mass is 10.2. The third-order valence-corrected chi connectivity index (χ3v) is 3.79. The molecule has 0 spiro atoms. The first kappa shape index (κ1) is 14.7. The highest BCUT2D eigenvalue weighted by Crippen LogP contribution is 2.27. The van der Waals surface area contributed by atoms with E-state index in [1.807, 2.05) is 49.4 Å². The van der Waals surface area contributed by atoms with Crippen molar-refractivity contribution >= 4 is 17.2 Å². The molecule has 2 heterocycles. The predicted molar refractivity (Wildman–Crippen MR) is 92.5 cm³/mol. The molecule has 0 bridgehead atoms. The molecule has 118 valence electrons. The fraction of sp³-hybridized carbons (Fsp3) is 0.0556. The Morgan fingerprint density at radius 1 is 0.958 bits per heavy atom. The lowest BCUT2D eigenvalue weighted by Gasteiger charge is -2.07. The topological polar surface area (TPSA) is 52.3 Å². The molecule has 0 unspecified atom stereocenters. The summed E-state index contributed by atoms with van der Waals surface area (Å²) in [5.74, 6) is 2.10. The zero-order chi connectivity index (χ0) is 16.5. The van der Waals surface area contributed by atoms with Gasteiger partial charge in [-0.15, -0.1) is 10.2 Å².